The van der Waals surface area contributed by atoms with Gasteiger partial charge in [-0.3, -0.25) is 4.79 Å². The minimum absolute atomic E-state index is 0.00729. The van der Waals surface area contributed by atoms with Crippen molar-refractivity contribution in [1.29, 1.82) is 0 Å². The van der Waals surface area contributed by atoms with Gasteiger partial charge in [0.1, 0.15) is 0 Å². The standard InChI is InChI=1S/C14H28N2O/c1-10(2)14(6-7-14)9-16-12(17)8-11(15)13(3,4)5/h10-11H,6-9,15H2,1-5H3,(H,16,17). The highest BCUT2D eigenvalue weighted by Gasteiger charge is 2.45. The molecule has 1 aliphatic rings. The summed E-state index contributed by atoms with van der Waals surface area (Å²) in [6.07, 6.45) is 2.92. The molecule has 1 fully saturated rings. The Morgan fingerprint density at radius 3 is 2.24 bits per heavy atom. The number of amides is 1. The third-order valence-electron chi connectivity index (χ3n) is 4.27. The Labute approximate surface area is 106 Å². The average Bonchev–Trinajstić information content (AvgIpc) is 2.94. The molecule has 0 aromatic heterocycles. The lowest BCUT2D eigenvalue weighted by Crippen LogP contribution is -2.41. The number of carbonyl (C=O) groups excluding carboxylic acids is 1. The van der Waals surface area contributed by atoms with Gasteiger partial charge in [0.25, 0.3) is 0 Å². The highest BCUT2D eigenvalue weighted by molar-refractivity contribution is 5.76. The zero-order valence-electron chi connectivity index (χ0n) is 12.0. The van der Waals surface area contributed by atoms with E-state index in [1.165, 1.54) is 12.8 Å². The highest BCUT2D eigenvalue weighted by atomic mass is 16.1. The van der Waals surface area contributed by atoms with Crippen LogP contribution in [0.3, 0.4) is 0 Å². The van der Waals surface area contributed by atoms with Gasteiger partial charge in [0, 0.05) is 19.0 Å². The lowest BCUT2D eigenvalue weighted by molar-refractivity contribution is -0.122. The Bertz CT molecular complexity index is 274. The number of carbonyl (C=O) groups is 1. The van der Waals surface area contributed by atoms with Crippen molar-refractivity contribution in [1.82, 2.24) is 5.32 Å². The predicted molar refractivity (Wildman–Crippen MR) is 71.6 cm³/mol. The summed E-state index contributed by atoms with van der Waals surface area (Å²) in [5, 5.41) is 3.05. The first-order valence-electron chi connectivity index (χ1n) is 6.70. The molecule has 1 aliphatic carbocycles. The Kier molecular flexibility index (Phi) is 4.23. The summed E-state index contributed by atoms with van der Waals surface area (Å²) >= 11 is 0. The minimum Gasteiger partial charge on any atom is -0.355 e. The van der Waals surface area contributed by atoms with E-state index in [1.807, 2.05) is 0 Å². The molecule has 3 heteroatoms. The van der Waals surface area contributed by atoms with Crippen LogP contribution < -0.4 is 11.1 Å². The number of hydrogen-bond acceptors (Lipinski definition) is 2. The van der Waals surface area contributed by atoms with Crippen LogP contribution in [0.5, 0.6) is 0 Å². The summed E-state index contributed by atoms with van der Waals surface area (Å²) in [5.41, 5.74) is 6.37. The molecule has 0 radical (unpaired) electrons. The predicted octanol–water partition coefficient (Wildman–Crippen LogP) is 2.30. The zero-order chi connectivity index (χ0) is 13.3. The van der Waals surface area contributed by atoms with Crippen LogP contribution in [-0.4, -0.2) is 18.5 Å². The van der Waals surface area contributed by atoms with Crippen LogP contribution in [0.4, 0.5) is 0 Å². The van der Waals surface area contributed by atoms with Gasteiger partial charge in [-0.15, -0.1) is 0 Å². The van der Waals surface area contributed by atoms with Crippen molar-refractivity contribution in [2.75, 3.05) is 6.54 Å². The van der Waals surface area contributed by atoms with Gasteiger partial charge in [0.15, 0.2) is 0 Å². The third-order valence-corrected chi connectivity index (χ3v) is 4.27. The van der Waals surface area contributed by atoms with Crippen LogP contribution in [0.1, 0.15) is 53.9 Å². The van der Waals surface area contributed by atoms with Crippen LogP contribution in [-0.2, 0) is 4.79 Å². The van der Waals surface area contributed by atoms with Gasteiger partial charge in [-0.05, 0) is 29.6 Å². The molecule has 0 aliphatic heterocycles. The molecule has 0 bridgehead atoms. The average molecular weight is 240 g/mol. The summed E-state index contributed by atoms with van der Waals surface area (Å²) in [5.74, 6) is 0.749. The zero-order valence-corrected chi connectivity index (χ0v) is 12.0. The maximum absolute atomic E-state index is 11.8. The lowest BCUT2D eigenvalue weighted by Gasteiger charge is -2.27. The number of rotatable bonds is 5. The Hall–Kier alpha value is -0.570. The van der Waals surface area contributed by atoms with E-state index in [0.717, 1.165) is 6.54 Å². The first-order valence-corrected chi connectivity index (χ1v) is 6.70. The number of nitrogens with one attached hydrogen (secondary N) is 1. The maximum Gasteiger partial charge on any atom is 0.221 e. The second-order valence-corrected chi connectivity index (χ2v) is 6.97. The Balaban J connectivity index is 2.32. The van der Waals surface area contributed by atoms with E-state index >= 15 is 0 Å². The molecule has 1 rings (SSSR count). The van der Waals surface area contributed by atoms with Crippen molar-refractivity contribution in [3.05, 3.63) is 0 Å². The highest BCUT2D eigenvalue weighted by Crippen LogP contribution is 2.51. The molecular weight excluding hydrogens is 212 g/mol. The normalized spacial score (nSPS) is 20.2. The van der Waals surface area contributed by atoms with E-state index in [4.69, 9.17) is 5.73 Å². The van der Waals surface area contributed by atoms with E-state index in [2.05, 4.69) is 39.9 Å². The van der Waals surface area contributed by atoms with Gasteiger partial charge < -0.3 is 11.1 Å². The van der Waals surface area contributed by atoms with E-state index < -0.39 is 0 Å². The molecule has 1 atom stereocenters. The fraction of sp³-hybridized carbons (Fsp3) is 0.929. The molecule has 0 saturated heterocycles. The van der Waals surface area contributed by atoms with Gasteiger partial charge in [0.05, 0.1) is 0 Å². The molecule has 3 nitrogen and oxygen atoms in total. The smallest absolute Gasteiger partial charge is 0.221 e. The van der Waals surface area contributed by atoms with Crippen LogP contribution in [0, 0.1) is 16.7 Å². The molecule has 1 amide bonds. The van der Waals surface area contributed by atoms with Crippen molar-refractivity contribution >= 4 is 5.91 Å². The number of nitrogens with two attached hydrogens (primary N) is 1. The largest absolute Gasteiger partial charge is 0.355 e. The second-order valence-electron chi connectivity index (χ2n) is 6.97. The lowest BCUT2D eigenvalue weighted by atomic mass is 9.85. The molecule has 100 valence electrons. The molecule has 0 heterocycles. The van der Waals surface area contributed by atoms with Gasteiger partial charge in [-0.25, -0.2) is 0 Å². The first-order chi connectivity index (χ1) is 7.67. The van der Waals surface area contributed by atoms with E-state index in [0.29, 0.717) is 17.8 Å². The monoisotopic (exact) mass is 240 g/mol. The molecule has 0 aromatic carbocycles. The molecule has 0 spiro atoms. The SMILES string of the molecule is CC(C)C1(CNC(=O)CC(N)C(C)(C)C)CC1. The molecule has 0 aromatic rings. The van der Waals surface area contributed by atoms with Crippen molar-refractivity contribution < 1.29 is 4.79 Å². The quantitative estimate of drug-likeness (QED) is 0.774. The van der Waals surface area contributed by atoms with E-state index in [-0.39, 0.29) is 17.4 Å². The van der Waals surface area contributed by atoms with E-state index in [1.54, 1.807) is 0 Å². The molecule has 1 unspecified atom stereocenters. The van der Waals surface area contributed by atoms with Gasteiger partial charge in [0.2, 0.25) is 5.91 Å². The fourth-order valence-corrected chi connectivity index (χ4v) is 1.97. The Morgan fingerprint density at radius 1 is 1.35 bits per heavy atom. The van der Waals surface area contributed by atoms with Gasteiger partial charge >= 0.3 is 0 Å². The van der Waals surface area contributed by atoms with Gasteiger partial charge in [-0.1, -0.05) is 34.6 Å². The topological polar surface area (TPSA) is 55.1 Å². The van der Waals surface area contributed by atoms with E-state index in [9.17, 15) is 4.79 Å². The third kappa shape index (κ3) is 3.98. The van der Waals surface area contributed by atoms with Crippen LogP contribution in [0.2, 0.25) is 0 Å². The van der Waals surface area contributed by atoms with Crippen LogP contribution >= 0.6 is 0 Å². The van der Waals surface area contributed by atoms with Crippen LogP contribution in [0.15, 0.2) is 0 Å². The summed E-state index contributed by atoms with van der Waals surface area (Å²) in [7, 11) is 0. The first kappa shape index (κ1) is 14.5. The molecular formula is C14H28N2O. The molecule has 1 saturated carbocycles. The maximum atomic E-state index is 11.8. The van der Waals surface area contributed by atoms with Crippen molar-refractivity contribution in [3.63, 3.8) is 0 Å². The van der Waals surface area contributed by atoms with Crippen molar-refractivity contribution in [3.8, 4) is 0 Å². The summed E-state index contributed by atoms with van der Waals surface area (Å²) in [6.45, 7) is 11.5. The fourth-order valence-electron chi connectivity index (χ4n) is 1.97. The van der Waals surface area contributed by atoms with Crippen molar-refractivity contribution in [2.45, 2.75) is 59.9 Å². The molecule has 17 heavy (non-hydrogen) atoms. The molecule has 3 N–H and O–H groups in total. The summed E-state index contributed by atoms with van der Waals surface area (Å²) in [4.78, 5) is 11.8. The summed E-state index contributed by atoms with van der Waals surface area (Å²) in [6, 6.07) is -0.0725. The second kappa shape index (κ2) is 4.97. The summed E-state index contributed by atoms with van der Waals surface area (Å²) < 4.78 is 0. The Morgan fingerprint density at radius 2 is 1.88 bits per heavy atom. The van der Waals surface area contributed by atoms with Gasteiger partial charge in [-0.2, -0.15) is 0 Å². The van der Waals surface area contributed by atoms with Crippen molar-refractivity contribution in [2.24, 2.45) is 22.5 Å². The number of hydrogen-bond donors (Lipinski definition) is 2. The van der Waals surface area contributed by atoms with Crippen LogP contribution in [0.25, 0.3) is 0 Å². The minimum atomic E-state index is -0.0725.